The molecule has 4 nitrogen and oxygen atoms in total. The van der Waals surface area contributed by atoms with E-state index in [9.17, 15) is 4.79 Å². The first-order chi connectivity index (χ1) is 10.6. The van der Waals surface area contributed by atoms with Crippen LogP contribution in [0.4, 0.5) is 16.2 Å². The van der Waals surface area contributed by atoms with Gasteiger partial charge in [0, 0.05) is 18.5 Å². The second-order valence-corrected chi connectivity index (χ2v) is 5.30. The molecule has 0 fully saturated rings. The number of carbonyl (C=O) groups excluding carboxylic acids is 1. The predicted molar refractivity (Wildman–Crippen MR) is 90.6 cm³/mol. The number of amides is 2. The number of hydrogen-bond acceptors (Lipinski definition) is 2. The number of ether oxygens (including phenoxy) is 1. The van der Waals surface area contributed by atoms with Crippen molar-refractivity contribution in [3.8, 4) is 0 Å². The van der Waals surface area contributed by atoms with Crippen LogP contribution < -0.4 is 10.6 Å². The third kappa shape index (κ3) is 4.33. The van der Waals surface area contributed by atoms with Crippen molar-refractivity contribution in [2.24, 2.45) is 0 Å². The van der Waals surface area contributed by atoms with E-state index in [-0.39, 0.29) is 6.03 Å². The minimum absolute atomic E-state index is 0.237. The highest BCUT2D eigenvalue weighted by molar-refractivity contribution is 6.00. The average Bonchev–Trinajstić information content (AvgIpc) is 2.50. The van der Waals surface area contributed by atoms with Gasteiger partial charge in [0.2, 0.25) is 0 Å². The predicted octanol–water partition coefficient (Wildman–Crippen LogP) is 4.14. The van der Waals surface area contributed by atoms with Crippen LogP contribution in [-0.4, -0.2) is 19.7 Å². The smallest absolute Gasteiger partial charge is 0.323 e. The van der Waals surface area contributed by atoms with Gasteiger partial charge in [0.15, 0.2) is 0 Å². The van der Waals surface area contributed by atoms with Gasteiger partial charge in [0.25, 0.3) is 0 Å². The molecule has 2 aromatic carbocycles. The Hall–Kier alpha value is -2.33. The Labute approximate surface area is 131 Å². The maximum Gasteiger partial charge on any atom is 0.323 e. The minimum Gasteiger partial charge on any atom is -0.384 e. The van der Waals surface area contributed by atoms with Crippen LogP contribution in [0.2, 0.25) is 0 Å². The molecule has 0 atom stereocenters. The third-order valence-corrected chi connectivity index (χ3v) is 3.48. The van der Waals surface area contributed by atoms with Gasteiger partial charge in [-0.25, -0.2) is 4.79 Å². The van der Waals surface area contributed by atoms with Crippen molar-refractivity contribution in [1.82, 2.24) is 0 Å². The molecule has 0 saturated heterocycles. The highest BCUT2D eigenvalue weighted by Crippen LogP contribution is 2.19. The molecule has 2 amide bonds. The van der Waals surface area contributed by atoms with Gasteiger partial charge in [-0.15, -0.1) is 0 Å². The Morgan fingerprint density at radius 1 is 1.05 bits per heavy atom. The fourth-order valence-corrected chi connectivity index (χ4v) is 2.22. The molecule has 0 unspecified atom stereocenters. The number of para-hydroxylation sites is 1. The van der Waals surface area contributed by atoms with Gasteiger partial charge in [-0.3, -0.25) is 0 Å². The summed E-state index contributed by atoms with van der Waals surface area (Å²) >= 11 is 0. The summed E-state index contributed by atoms with van der Waals surface area (Å²) in [6.45, 7) is 4.60. The lowest BCUT2D eigenvalue weighted by Crippen LogP contribution is -2.21. The Balaban J connectivity index is 2.07. The summed E-state index contributed by atoms with van der Waals surface area (Å²) in [7, 11) is 1.67. The Morgan fingerprint density at radius 2 is 1.77 bits per heavy atom. The SMILES string of the molecule is COCCc1ccccc1NC(=O)Nc1cc(C)ccc1C. The number of aryl methyl sites for hydroxylation is 2. The second kappa shape index (κ2) is 7.61. The van der Waals surface area contributed by atoms with Crippen molar-refractivity contribution in [1.29, 1.82) is 0 Å². The van der Waals surface area contributed by atoms with Crippen molar-refractivity contribution in [3.05, 3.63) is 59.2 Å². The Kier molecular flexibility index (Phi) is 5.55. The molecule has 116 valence electrons. The van der Waals surface area contributed by atoms with Crippen LogP contribution in [0.1, 0.15) is 16.7 Å². The van der Waals surface area contributed by atoms with E-state index >= 15 is 0 Å². The highest BCUT2D eigenvalue weighted by Gasteiger charge is 2.08. The molecule has 0 bridgehead atoms. The first kappa shape index (κ1) is 16.0. The summed E-state index contributed by atoms with van der Waals surface area (Å²) in [5.74, 6) is 0. The zero-order chi connectivity index (χ0) is 15.9. The van der Waals surface area contributed by atoms with Gasteiger partial charge in [0.05, 0.1) is 6.61 Å². The number of methoxy groups -OCH3 is 1. The summed E-state index contributed by atoms with van der Waals surface area (Å²) in [5.41, 5.74) is 4.84. The molecule has 0 aromatic heterocycles. The maximum atomic E-state index is 12.2. The molecule has 2 N–H and O–H groups in total. The van der Waals surface area contributed by atoms with Crippen LogP contribution in [0, 0.1) is 13.8 Å². The zero-order valence-corrected chi connectivity index (χ0v) is 13.3. The number of carbonyl (C=O) groups is 1. The van der Waals surface area contributed by atoms with E-state index in [1.807, 2.05) is 56.3 Å². The summed E-state index contributed by atoms with van der Waals surface area (Å²) < 4.78 is 5.10. The van der Waals surface area contributed by atoms with Crippen molar-refractivity contribution in [2.75, 3.05) is 24.4 Å². The number of hydrogen-bond donors (Lipinski definition) is 2. The van der Waals surface area contributed by atoms with Crippen molar-refractivity contribution in [3.63, 3.8) is 0 Å². The van der Waals surface area contributed by atoms with Gasteiger partial charge < -0.3 is 15.4 Å². The molecule has 0 saturated carbocycles. The monoisotopic (exact) mass is 298 g/mol. The van der Waals surface area contributed by atoms with E-state index in [1.54, 1.807) is 7.11 Å². The first-order valence-electron chi connectivity index (χ1n) is 7.32. The fourth-order valence-electron chi connectivity index (χ4n) is 2.22. The largest absolute Gasteiger partial charge is 0.384 e. The lowest BCUT2D eigenvalue weighted by molar-refractivity contribution is 0.202. The van der Waals surface area contributed by atoms with Crippen LogP contribution >= 0.6 is 0 Å². The van der Waals surface area contributed by atoms with Gasteiger partial charge >= 0.3 is 6.03 Å². The van der Waals surface area contributed by atoms with Crippen LogP contribution in [-0.2, 0) is 11.2 Å². The third-order valence-electron chi connectivity index (χ3n) is 3.48. The first-order valence-corrected chi connectivity index (χ1v) is 7.32. The van der Waals surface area contributed by atoms with E-state index in [0.29, 0.717) is 6.61 Å². The number of rotatable bonds is 5. The van der Waals surface area contributed by atoms with Crippen LogP contribution in [0.25, 0.3) is 0 Å². The van der Waals surface area contributed by atoms with Gasteiger partial charge in [-0.1, -0.05) is 30.3 Å². The number of nitrogens with one attached hydrogen (secondary N) is 2. The molecular formula is C18H22N2O2. The summed E-state index contributed by atoms with van der Waals surface area (Å²) in [4.78, 5) is 12.2. The Morgan fingerprint density at radius 3 is 2.55 bits per heavy atom. The zero-order valence-electron chi connectivity index (χ0n) is 13.3. The van der Waals surface area contributed by atoms with Crippen molar-refractivity contribution >= 4 is 17.4 Å². The normalized spacial score (nSPS) is 10.3. The van der Waals surface area contributed by atoms with Crippen LogP contribution in [0.3, 0.4) is 0 Å². The molecule has 0 spiro atoms. The van der Waals surface area contributed by atoms with Crippen molar-refractivity contribution in [2.45, 2.75) is 20.3 Å². The number of urea groups is 1. The van der Waals surface area contributed by atoms with Gasteiger partial charge in [-0.2, -0.15) is 0 Å². The summed E-state index contributed by atoms with van der Waals surface area (Å²) in [6, 6.07) is 13.5. The minimum atomic E-state index is -0.237. The quantitative estimate of drug-likeness (QED) is 0.871. The summed E-state index contributed by atoms with van der Waals surface area (Å²) in [5, 5.41) is 5.81. The lowest BCUT2D eigenvalue weighted by atomic mass is 10.1. The Bertz CT molecular complexity index is 653. The van der Waals surface area contributed by atoms with Crippen LogP contribution in [0.15, 0.2) is 42.5 Å². The molecule has 0 aliphatic heterocycles. The van der Waals surface area contributed by atoms with Crippen LogP contribution in [0.5, 0.6) is 0 Å². The fraction of sp³-hybridized carbons (Fsp3) is 0.278. The molecule has 0 aliphatic rings. The summed E-state index contributed by atoms with van der Waals surface area (Å²) in [6.07, 6.45) is 0.760. The van der Waals surface area contributed by atoms with E-state index < -0.39 is 0 Å². The molecule has 2 rings (SSSR count). The lowest BCUT2D eigenvalue weighted by Gasteiger charge is -2.13. The average molecular weight is 298 g/mol. The van der Waals surface area contributed by atoms with E-state index in [1.165, 1.54) is 0 Å². The molecule has 0 aliphatic carbocycles. The van der Waals surface area contributed by atoms with E-state index in [2.05, 4.69) is 10.6 Å². The van der Waals surface area contributed by atoms with Gasteiger partial charge in [0.1, 0.15) is 0 Å². The molecule has 0 heterocycles. The number of benzene rings is 2. The maximum absolute atomic E-state index is 12.2. The molecule has 22 heavy (non-hydrogen) atoms. The molecule has 4 heteroatoms. The second-order valence-electron chi connectivity index (χ2n) is 5.30. The molecular weight excluding hydrogens is 276 g/mol. The van der Waals surface area contributed by atoms with E-state index in [4.69, 9.17) is 4.74 Å². The standard InChI is InChI=1S/C18H22N2O2/c1-13-8-9-14(2)17(12-13)20-18(21)19-16-7-5-4-6-15(16)10-11-22-3/h4-9,12H,10-11H2,1-3H3,(H2,19,20,21). The van der Waals surface area contributed by atoms with Gasteiger partial charge in [-0.05, 0) is 49.1 Å². The van der Waals surface area contributed by atoms with Crippen molar-refractivity contribution < 1.29 is 9.53 Å². The topological polar surface area (TPSA) is 50.4 Å². The number of anilines is 2. The highest BCUT2D eigenvalue weighted by atomic mass is 16.5. The molecule has 0 radical (unpaired) electrons. The van der Waals surface area contributed by atoms with E-state index in [0.717, 1.165) is 34.5 Å². The molecule has 2 aromatic rings.